The van der Waals surface area contributed by atoms with Crippen molar-refractivity contribution >= 4 is 34.5 Å². The van der Waals surface area contributed by atoms with Crippen molar-refractivity contribution in [2.24, 2.45) is 5.41 Å². The van der Waals surface area contributed by atoms with Gasteiger partial charge in [-0.2, -0.15) is 0 Å². The largest absolute Gasteiger partial charge is 0.326 e. The summed E-state index contributed by atoms with van der Waals surface area (Å²) < 4.78 is 0. The molecule has 0 spiro atoms. The fraction of sp³-hybridized carbons (Fsp3) is 0.450. The minimum atomic E-state index is -0.484. The van der Waals surface area contributed by atoms with Gasteiger partial charge in [0.15, 0.2) is 0 Å². The number of thiazole rings is 1. The first-order valence-electron chi connectivity index (χ1n) is 8.59. The molecule has 0 saturated carbocycles. The minimum Gasteiger partial charge on any atom is -0.326 e. The van der Waals surface area contributed by atoms with Gasteiger partial charge in [-0.15, -0.1) is 11.3 Å². The van der Waals surface area contributed by atoms with Crippen molar-refractivity contribution < 1.29 is 9.59 Å². The molecule has 1 aromatic heterocycles. The van der Waals surface area contributed by atoms with Crippen molar-refractivity contribution in [2.45, 2.75) is 53.9 Å². The molecule has 2 amide bonds. The summed E-state index contributed by atoms with van der Waals surface area (Å²) in [6.45, 7) is 13.6. The quantitative estimate of drug-likeness (QED) is 0.796. The van der Waals surface area contributed by atoms with Crippen LogP contribution in [0.25, 0.3) is 0 Å². The highest BCUT2D eigenvalue weighted by Gasteiger charge is 2.24. The van der Waals surface area contributed by atoms with E-state index in [0.29, 0.717) is 16.3 Å². The second-order valence-electron chi connectivity index (χ2n) is 8.42. The Hall–Kier alpha value is -2.21. The first-order valence-corrected chi connectivity index (χ1v) is 9.40. The van der Waals surface area contributed by atoms with Crippen LogP contribution in [0.1, 0.15) is 61.9 Å². The molecule has 0 radical (unpaired) electrons. The van der Waals surface area contributed by atoms with Crippen LogP contribution >= 0.6 is 11.3 Å². The zero-order valence-corrected chi connectivity index (χ0v) is 17.3. The van der Waals surface area contributed by atoms with Crippen LogP contribution in [0.4, 0.5) is 11.4 Å². The van der Waals surface area contributed by atoms with E-state index in [0.717, 1.165) is 10.7 Å². The Morgan fingerprint density at radius 3 is 2.08 bits per heavy atom. The van der Waals surface area contributed by atoms with Crippen molar-refractivity contribution in [3.63, 3.8) is 0 Å². The number of amides is 2. The monoisotopic (exact) mass is 373 g/mol. The highest BCUT2D eigenvalue weighted by atomic mass is 32.1. The molecule has 0 unspecified atom stereocenters. The Labute approximate surface area is 159 Å². The molecule has 0 aliphatic carbocycles. The van der Waals surface area contributed by atoms with Gasteiger partial charge in [-0.1, -0.05) is 47.6 Å². The maximum atomic E-state index is 12.6. The third kappa shape index (κ3) is 4.91. The first-order chi connectivity index (χ1) is 11.9. The summed E-state index contributed by atoms with van der Waals surface area (Å²) in [5, 5.41) is 6.70. The molecule has 1 aromatic carbocycles. The molecule has 26 heavy (non-hydrogen) atoms. The molecule has 5 nitrogen and oxygen atoms in total. The fourth-order valence-corrected chi connectivity index (χ4v) is 3.13. The third-order valence-electron chi connectivity index (χ3n) is 3.70. The van der Waals surface area contributed by atoms with Crippen LogP contribution in [-0.4, -0.2) is 16.8 Å². The molecule has 2 rings (SSSR count). The number of carbonyl (C=O) groups excluding carboxylic acids is 2. The topological polar surface area (TPSA) is 71.1 Å². The van der Waals surface area contributed by atoms with E-state index in [9.17, 15) is 9.59 Å². The number of nitrogens with zero attached hydrogens (tertiary/aromatic N) is 1. The van der Waals surface area contributed by atoms with E-state index >= 15 is 0 Å². The molecular weight excluding hydrogens is 346 g/mol. The van der Waals surface area contributed by atoms with Crippen molar-refractivity contribution in [1.29, 1.82) is 0 Å². The summed E-state index contributed by atoms with van der Waals surface area (Å²) in [5.41, 5.74) is 1.44. The lowest BCUT2D eigenvalue weighted by atomic mass is 9.95. The highest BCUT2D eigenvalue weighted by molar-refractivity contribution is 7.14. The number of hydrogen-bond donors (Lipinski definition) is 2. The second kappa shape index (κ2) is 7.19. The molecule has 0 atom stereocenters. The van der Waals surface area contributed by atoms with Crippen LogP contribution in [0, 0.1) is 12.3 Å². The van der Waals surface area contributed by atoms with Crippen LogP contribution in [0.3, 0.4) is 0 Å². The predicted molar refractivity (Wildman–Crippen MR) is 108 cm³/mol. The van der Waals surface area contributed by atoms with E-state index in [1.54, 1.807) is 24.3 Å². The molecule has 0 bridgehead atoms. The van der Waals surface area contributed by atoms with Gasteiger partial charge in [-0.25, -0.2) is 4.98 Å². The van der Waals surface area contributed by atoms with Gasteiger partial charge in [0.25, 0.3) is 5.91 Å². The number of hydrogen-bond acceptors (Lipinski definition) is 4. The van der Waals surface area contributed by atoms with Gasteiger partial charge in [0.05, 0.1) is 10.7 Å². The smallest absolute Gasteiger partial charge is 0.267 e. The van der Waals surface area contributed by atoms with Gasteiger partial charge in [0, 0.05) is 22.2 Å². The number of benzene rings is 1. The van der Waals surface area contributed by atoms with Crippen LogP contribution < -0.4 is 10.6 Å². The van der Waals surface area contributed by atoms with E-state index in [1.807, 2.05) is 27.7 Å². The molecule has 6 heteroatoms. The Bertz CT molecular complexity index is 826. The van der Waals surface area contributed by atoms with Crippen LogP contribution in [-0.2, 0) is 10.2 Å². The van der Waals surface area contributed by atoms with Gasteiger partial charge in [0.2, 0.25) is 5.91 Å². The molecule has 140 valence electrons. The number of aromatic nitrogens is 1. The van der Waals surface area contributed by atoms with Crippen molar-refractivity contribution in [3.05, 3.63) is 39.8 Å². The Kier molecular flexibility index (Phi) is 5.56. The number of anilines is 2. The van der Waals surface area contributed by atoms with Crippen molar-refractivity contribution in [2.75, 3.05) is 10.6 Å². The normalized spacial score (nSPS) is 12.0. The number of rotatable bonds is 3. The highest BCUT2D eigenvalue weighted by Crippen LogP contribution is 2.30. The minimum absolute atomic E-state index is 0.0749. The summed E-state index contributed by atoms with van der Waals surface area (Å²) >= 11 is 1.42. The lowest BCUT2D eigenvalue weighted by Crippen LogP contribution is -2.27. The summed E-state index contributed by atoms with van der Waals surface area (Å²) in [4.78, 5) is 29.9. The summed E-state index contributed by atoms with van der Waals surface area (Å²) in [6.07, 6.45) is 0. The molecule has 2 N–H and O–H groups in total. The Morgan fingerprint density at radius 2 is 1.58 bits per heavy atom. The van der Waals surface area contributed by atoms with Crippen LogP contribution in [0.5, 0.6) is 0 Å². The molecule has 0 aliphatic heterocycles. The SMILES string of the molecule is Cc1nc(C(C)(C)C)sc1C(=O)Nc1cccc(NC(=O)C(C)(C)C)c1. The number of nitrogens with one attached hydrogen (secondary N) is 2. The van der Waals surface area contributed by atoms with Crippen molar-refractivity contribution in [1.82, 2.24) is 4.98 Å². The lowest BCUT2D eigenvalue weighted by Gasteiger charge is -2.18. The first kappa shape index (κ1) is 20.1. The molecular formula is C20H27N3O2S. The van der Waals surface area contributed by atoms with Crippen molar-refractivity contribution in [3.8, 4) is 0 Å². The van der Waals surface area contributed by atoms with Crippen LogP contribution in [0.2, 0.25) is 0 Å². The van der Waals surface area contributed by atoms with Gasteiger partial charge >= 0.3 is 0 Å². The lowest BCUT2D eigenvalue weighted by molar-refractivity contribution is -0.123. The average Bonchev–Trinajstić information content (AvgIpc) is 2.89. The van der Waals surface area contributed by atoms with Gasteiger partial charge < -0.3 is 10.6 Å². The number of carbonyl (C=O) groups is 2. The second-order valence-corrected chi connectivity index (χ2v) is 9.42. The zero-order chi connectivity index (χ0) is 19.7. The van der Waals surface area contributed by atoms with E-state index in [2.05, 4.69) is 36.4 Å². The van der Waals surface area contributed by atoms with Gasteiger partial charge in [-0.05, 0) is 25.1 Å². The standard InChI is InChI=1S/C20H27N3O2S/c1-12-15(26-18(21-12)20(5,6)7)16(24)22-13-9-8-10-14(11-13)23-17(25)19(2,3)4/h8-11H,1-7H3,(H,22,24)(H,23,25). The fourth-order valence-electron chi connectivity index (χ4n) is 2.11. The Balaban J connectivity index is 2.16. The Morgan fingerprint density at radius 1 is 1.00 bits per heavy atom. The molecule has 2 aromatic rings. The van der Waals surface area contributed by atoms with E-state index in [1.165, 1.54) is 11.3 Å². The van der Waals surface area contributed by atoms with Crippen LogP contribution in [0.15, 0.2) is 24.3 Å². The number of aryl methyl sites for hydroxylation is 1. The van der Waals surface area contributed by atoms with E-state index in [-0.39, 0.29) is 17.2 Å². The molecule has 0 fully saturated rings. The third-order valence-corrected chi connectivity index (χ3v) is 5.29. The summed E-state index contributed by atoms with van der Waals surface area (Å²) in [7, 11) is 0. The molecule has 1 heterocycles. The molecule has 0 saturated heterocycles. The van der Waals surface area contributed by atoms with E-state index in [4.69, 9.17) is 0 Å². The van der Waals surface area contributed by atoms with E-state index < -0.39 is 5.41 Å². The van der Waals surface area contributed by atoms with Gasteiger partial charge in [-0.3, -0.25) is 9.59 Å². The molecule has 0 aliphatic rings. The maximum Gasteiger partial charge on any atom is 0.267 e. The van der Waals surface area contributed by atoms with Gasteiger partial charge in [0.1, 0.15) is 4.88 Å². The average molecular weight is 374 g/mol. The summed E-state index contributed by atoms with van der Waals surface area (Å²) in [5.74, 6) is -0.260. The summed E-state index contributed by atoms with van der Waals surface area (Å²) in [6, 6.07) is 7.15. The predicted octanol–water partition coefficient (Wildman–Crippen LogP) is 4.99. The maximum absolute atomic E-state index is 12.6. The zero-order valence-electron chi connectivity index (χ0n) is 16.5.